The number of hydrogen-bond acceptors (Lipinski definition) is 2. The van der Waals surface area contributed by atoms with Gasteiger partial charge in [-0.05, 0) is 45.1 Å². The van der Waals surface area contributed by atoms with Gasteiger partial charge in [0.15, 0.2) is 5.78 Å². The Bertz CT molecular complexity index is 567. The lowest BCUT2D eigenvalue weighted by Crippen LogP contribution is -2.02. The van der Waals surface area contributed by atoms with Crippen molar-refractivity contribution in [3.63, 3.8) is 0 Å². The van der Waals surface area contributed by atoms with E-state index >= 15 is 0 Å². The van der Waals surface area contributed by atoms with Crippen LogP contribution in [0, 0.1) is 5.82 Å². The summed E-state index contributed by atoms with van der Waals surface area (Å²) in [5.74, 6) is -0.532. The van der Waals surface area contributed by atoms with E-state index in [0.29, 0.717) is 10.4 Å². The molecule has 2 rings (SSSR count). The summed E-state index contributed by atoms with van der Waals surface area (Å²) in [6.45, 7) is 0. The number of ketones is 1. The van der Waals surface area contributed by atoms with Crippen molar-refractivity contribution in [1.82, 2.24) is 0 Å². The molecule has 0 aliphatic rings. The summed E-state index contributed by atoms with van der Waals surface area (Å²) in [4.78, 5) is 12.6. The van der Waals surface area contributed by atoms with Gasteiger partial charge in [0, 0.05) is 10.9 Å². The van der Waals surface area contributed by atoms with Crippen molar-refractivity contribution in [3.05, 3.63) is 55.4 Å². The third-order valence-corrected chi connectivity index (χ3v) is 4.40. The van der Waals surface area contributed by atoms with Crippen LogP contribution in [0.2, 0.25) is 5.02 Å². The number of rotatable bonds is 3. The zero-order chi connectivity index (χ0) is 12.4. The molecule has 0 bridgehead atoms. The molecule has 1 heterocycles. The fourth-order valence-corrected chi connectivity index (χ4v) is 3.06. The molecular formula is C12H7BrClFOS. The number of carbonyl (C=O) groups excluding carboxylic acids is 1. The second kappa shape index (κ2) is 5.29. The van der Waals surface area contributed by atoms with Gasteiger partial charge >= 0.3 is 0 Å². The maximum atomic E-state index is 13.2. The van der Waals surface area contributed by atoms with Gasteiger partial charge < -0.3 is 0 Å². The molecule has 2 aromatic rings. The Labute approximate surface area is 115 Å². The van der Waals surface area contributed by atoms with Crippen LogP contribution >= 0.6 is 38.9 Å². The quantitative estimate of drug-likeness (QED) is 0.742. The average Bonchev–Trinajstić information content (AvgIpc) is 2.70. The zero-order valence-electron chi connectivity index (χ0n) is 8.54. The summed E-state index contributed by atoms with van der Waals surface area (Å²) < 4.78 is 14.0. The van der Waals surface area contributed by atoms with Crippen LogP contribution < -0.4 is 0 Å². The van der Waals surface area contributed by atoms with Gasteiger partial charge in [0.1, 0.15) is 5.82 Å². The summed E-state index contributed by atoms with van der Waals surface area (Å²) in [7, 11) is 0. The minimum atomic E-state index is -0.498. The normalized spacial score (nSPS) is 10.5. The van der Waals surface area contributed by atoms with Crippen molar-refractivity contribution in [2.75, 3.05) is 0 Å². The lowest BCUT2D eigenvalue weighted by Gasteiger charge is -2.01. The van der Waals surface area contributed by atoms with Gasteiger partial charge in [0.25, 0.3) is 0 Å². The predicted octanol–water partition coefficient (Wildman–Crippen LogP) is 4.73. The van der Waals surface area contributed by atoms with Crippen molar-refractivity contribution in [2.24, 2.45) is 0 Å². The first-order chi connectivity index (χ1) is 8.08. The summed E-state index contributed by atoms with van der Waals surface area (Å²) in [5, 5.41) is 1.90. The lowest BCUT2D eigenvalue weighted by molar-refractivity contribution is 0.0996. The van der Waals surface area contributed by atoms with Crippen LogP contribution in [0.4, 0.5) is 4.39 Å². The van der Waals surface area contributed by atoms with Crippen LogP contribution in [0.3, 0.4) is 0 Å². The second-order valence-corrected chi connectivity index (χ2v) is 5.62. The minimum Gasteiger partial charge on any atom is -0.293 e. The molecule has 0 atom stereocenters. The highest BCUT2D eigenvalue weighted by atomic mass is 79.9. The summed E-state index contributed by atoms with van der Waals surface area (Å²) in [6.07, 6.45) is 0.174. The molecule has 0 unspecified atom stereocenters. The molecule has 88 valence electrons. The highest BCUT2D eigenvalue weighted by Gasteiger charge is 2.13. The first-order valence-electron chi connectivity index (χ1n) is 4.78. The van der Waals surface area contributed by atoms with Crippen LogP contribution in [0.15, 0.2) is 34.1 Å². The smallest absolute Gasteiger partial charge is 0.178 e. The fourth-order valence-electron chi connectivity index (χ4n) is 1.41. The van der Waals surface area contributed by atoms with Crippen molar-refractivity contribution in [1.29, 1.82) is 0 Å². The van der Waals surface area contributed by atoms with Gasteiger partial charge in [-0.15, -0.1) is 11.3 Å². The first kappa shape index (κ1) is 12.7. The first-order valence-corrected chi connectivity index (χ1v) is 6.83. The molecule has 17 heavy (non-hydrogen) atoms. The molecule has 0 amide bonds. The number of carbonyl (C=O) groups is 1. The van der Waals surface area contributed by atoms with E-state index < -0.39 is 5.82 Å². The molecule has 0 spiro atoms. The molecule has 0 radical (unpaired) electrons. The second-order valence-electron chi connectivity index (χ2n) is 3.45. The molecule has 0 aliphatic heterocycles. The van der Waals surface area contributed by atoms with Gasteiger partial charge in [-0.1, -0.05) is 17.7 Å². The molecular weight excluding hydrogens is 327 g/mol. The summed E-state index contributed by atoms with van der Waals surface area (Å²) in [6, 6.07) is 6.23. The minimum absolute atomic E-state index is 0.0337. The highest BCUT2D eigenvalue weighted by molar-refractivity contribution is 9.10. The highest BCUT2D eigenvalue weighted by Crippen LogP contribution is 2.25. The Hall–Kier alpha value is -0.710. The Morgan fingerprint density at radius 3 is 2.76 bits per heavy atom. The van der Waals surface area contributed by atoms with Crippen LogP contribution in [0.1, 0.15) is 15.2 Å². The average molecular weight is 334 g/mol. The van der Waals surface area contributed by atoms with Crippen molar-refractivity contribution >= 4 is 44.7 Å². The molecule has 0 saturated carbocycles. The van der Waals surface area contributed by atoms with E-state index in [1.54, 1.807) is 6.07 Å². The van der Waals surface area contributed by atoms with Crippen molar-refractivity contribution in [2.45, 2.75) is 6.42 Å². The van der Waals surface area contributed by atoms with Gasteiger partial charge in [0.2, 0.25) is 0 Å². The molecule has 5 heteroatoms. The fraction of sp³-hybridized carbons (Fsp3) is 0.0833. The van der Waals surface area contributed by atoms with E-state index in [1.807, 2.05) is 11.4 Å². The van der Waals surface area contributed by atoms with Crippen LogP contribution in [-0.2, 0) is 6.42 Å². The van der Waals surface area contributed by atoms with Gasteiger partial charge in [-0.2, -0.15) is 0 Å². The maximum Gasteiger partial charge on any atom is 0.178 e. The summed E-state index contributed by atoms with van der Waals surface area (Å²) in [5.41, 5.74) is 0.622. The number of Topliss-reactive ketones (excluding diaryl/α,β-unsaturated/α-hetero) is 1. The van der Waals surface area contributed by atoms with E-state index in [-0.39, 0.29) is 17.2 Å². The third kappa shape index (κ3) is 2.94. The molecule has 0 saturated heterocycles. The molecule has 1 aromatic carbocycles. The number of benzene rings is 1. The number of hydrogen-bond donors (Lipinski definition) is 0. The lowest BCUT2D eigenvalue weighted by atomic mass is 10.1. The van der Waals surface area contributed by atoms with Crippen LogP contribution in [0.5, 0.6) is 0 Å². The van der Waals surface area contributed by atoms with Gasteiger partial charge in [-0.25, -0.2) is 4.39 Å². The monoisotopic (exact) mass is 332 g/mol. The van der Waals surface area contributed by atoms with Crippen molar-refractivity contribution < 1.29 is 9.18 Å². The molecule has 0 N–H and O–H groups in total. The third-order valence-electron chi connectivity index (χ3n) is 2.22. The topological polar surface area (TPSA) is 17.1 Å². The molecule has 1 nitrogen and oxygen atoms in total. The Kier molecular flexibility index (Phi) is 3.97. The zero-order valence-corrected chi connectivity index (χ0v) is 11.7. The van der Waals surface area contributed by atoms with E-state index in [0.717, 1.165) is 4.47 Å². The maximum absolute atomic E-state index is 13.2. The molecule has 0 aliphatic carbocycles. The number of thiophene rings is 1. The molecule has 0 fully saturated rings. The molecule has 1 aromatic heterocycles. The van der Waals surface area contributed by atoms with Crippen molar-refractivity contribution in [3.8, 4) is 0 Å². The van der Waals surface area contributed by atoms with E-state index in [2.05, 4.69) is 15.9 Å². The largest absolute Gasteiger partial charge is 0.293 e. The van der Waals surface area contributed by atoms with Gasteiger partial charge in [0.05, 0.1) is 9.90 Å². The Morgan fingerprint density at radius 2 is 2.18 bits per heavy atom. The van der Waals surface area contributed by atoms with Crippen LogP contribution in [0.25, 0.3) is 0 Å². The number of halogens is 3. The van der Waals surface area contributed by atoms with E-state index in [1.165, 1.54) is 23.5 Å². The Balaban J connectivity index is 2.19. The SMILES string of the molecule is O=C(Cc1ccc(Cl)c(F)c1)c1sccc1Br. The van der Waals surface area contributed by atoms with E-state index in [4.69, 9.17) is 11.6 Å². The Morgan fingerprint density at radius 1 is 1.41 bits per heavy atom. The predicted molar refractivity (Wildman–Crippen MR) is 71.5 cm³/mol. The van der Waals surface area contributed by atoms with Gasteiger partial charge in [-0.3, -0.25) is 4.79 Å². The van der Waals surface area contributed by atoms with Crippen LogP contribution in [-0.4, -0.2) is 5.78 Å². The van der Waals surface area contributed by atoms with E-state index in [9.17, 15) is 9.18 Å². The summed E-state index contributed by atoms with van der Waals surface area (Å²) >= 11 is 10.2. The standard InChI is InChI=1S/C12H7BrClFOS/c13-8-3-4-17-12(8)11(16)6-7-1-2-9(14)10(15)5-7/h1-5H,6H2.